The van der Waals surface area contributed by atoms with Crippen LogP contribution in [0.3, 0.4) is 0 Å². The van der Waals surface area contributed by atoms with Crippen LogP contribution in [0, 0.1) is 5.82 Å². The molecule has 0 spiro atoms. The van der Waals surface area contributed by atoms with E-state index in [-0.39, 0.29) is 48.7 Å². The summed E-state index contributed by atoms with van der Waals surface area (Å²) in [6.07, 6.45) is -5.10. The number of ether oxygens (including phenoxy) is 1. The Kier molecular flexibility index (Phi) is 5.09. The molecule has 2 aromatic heterocycles. The third kappa shape index (κ3) is 4.93. The van der Waals surface area contributed by atoms with E-state index < -0.39 is 30.8 Å². The van der Waals surface area contributed by atoms with Crippen LogP contribution in [0.25, 0.3) is 10.9 Å². The first kappa shape index (κ1) is 18.6. The SMILES string of the molecule is [2H]C1([2H])COCCN(C(=O)c2cc3c(cn2)c(Nc2ccc(F)cc2)nn3CC(F)(F)F)C1. The molecule has 164 valence electrons. The van der Waals surface area contributed by atoms with E-state index in [1.807, 2.05) is 0 Å². The van der Waals surface area contributed by atoms with Gasteiger partial charge in [-0.15, -0.1) is 0 Å². The lowest BCUT2D eigenvalue weighted by Crippen LogP contribution is -2.33. The van der Waals surface area contributed by atoms with Gasteiger partial charge < -0.3 is 15.0 Å². The van der Waals surface area contributed by atoms with Crippen molar-refractivity contribution in [1.29, 1.82) is 0 Å². The van der Waals surface area contributed by atoms with Crippen LogP contribution in [0.5, 0.6) is 0 Å². The topological polar surface area (TPSA) is 72.3 Å². The molecule has 1 N–H and O–H groups in total. The Bertz CT molecular complexity index is 1170. The standard InChI is InChI=1S/C20H19F4N5O2/c21-13-2-4-14(5-3-13)26-18-15-11-25-16(19(30)28-6-1-8-31-9-7-28)10-17(15)29(27-18)12-20(22,23)24/h2-5,10-11H,1,6-9,12H2,(H,26,27)/i1D2. The van der Waals surface area contributed by atoms with E-state index in [0.29, 0.717) is 10.4 Å². The number of anilines is 2. The number of carbonyl (C=O) groups is 1. The normalized spacial score (nSPS) is 17.7. The molecule has 1 amide bonds. The first-order chi connectivity index (χ1) is 15.5. The minimum absolute atomic E-state index is 0.0179. The number of benzene rings is 1. The molecule has 0 aliphatic carbocycles. The molecule has 3 aromatic rings. The molecule has 4 rings (SSSR count). The summed E-state index contributed by atoms with van der Waals surface area (Å²) in [5.41, 5.74) is 0.281. The summed E-state index contributed by atoms with van der Waals surface area (Å²) in [5, 5.41) is 7.07. The van der Waals surface area contributed by atoms with Gasteiger partial charge in [0.1, 0.15) is 18.1 Å². The van der Waals surface area contributed by atoms with Crippen LogP contribution < -0.4 is 5.32 Å². The van der Waals surface area contributed by atoms with Crippen molar-refractivity contribution in [3.8, 4) is 0 Å². The highest BCUT2D eigenvalue weighted by molar-refractivity contribution is 5.98. The molecule has 1 aliphatic rings. The molecule has 31 heavy (non-hydrogen) atoms. The molecule has 1 fully saturated rings. The number of pyridine rings is 1. The van der Waals surface area contributed by atoms with E-state index in [2.05, 4.69) is 15.4 Å². The quantitative estimate of drug-likeness (QED) is 0.627. The first-order valence-electron chi connectivity index (χ1n) is 10.3. The van der Waals surface area contributed by atoms with Crippen molar-refractivity contribution in [3.05, 3.63) is 48.0 Å². The number of amides is 1. The maximum absolute atomic E-state index is 13.2. The zero-order valence-electron chi connectivity index (χ0n) is 18.1. The number of aromatic nitrogens is 3. The second-order valence-corrected chi connectivity index (χ2v) is 6.87. The fraction of sp³-hybridized carbons (Fsp3) is 0.350. The fourth-order valence-electron chi connectivity index (χ4n) is 3.15. The smallest absolute Gasteiger partial charge is 0.380 e. The van der Waals surface area contributed by atoms with Crippen molar-refractivity contribution in [2.45, 2.75) is 19.1 Å². The maximum atomic E-state index is 13.2. The van der Waals surface area contributed by atoms with Crippen LogP contribution in [-0.4, -0.2) is 58.1 Å². The summed E-state index contributed by atoms with van der Waals surface area (Å²) < 4.78 is 74.3. The summed E-state index contributed by atoms with van der Waals surface area (Å²) in [6, 6.07) is 6.40. The van der Waals surface area contributed by atoms with E-state index in [1.165, 1.54) is 41.4 Å². The Hall–Kier alpha value is -3.21. The van der Waals surface area contributed by atoms with Gasteiger partial charge in [-0.05, 0) is 36.7 Å². The Morgan fingerprint density at radius 1 is 1.23 bits per heavy atom. The van der Waals surface area contributed by atoms with Crippen LogP contribution >= 0.6 is 0 Å². The molecule has 1 aliphatic heterocycles. The summed E-state index contributed by atoms with van der Waals surface area (Å²) in [5.74, 6) is -1.04. The van der Waals surface area contributed by atoms with Gasteiger partial charge in [-0.3, -0.25) is 14.5 Å². The van der Waals surface area contributed by atoms with Crippen LogP contribution in [0.2, 0.25) is 0 Å². The Morgan fingerprint density at radius 3 is 2.74 bits per heavy atom. The zero-order chi connectivity index (χ0) is 23.8. The van der Waals surface area contributed by atoms with Gasteiger partial charge in [0.15, 0.2) is 5.82 Å². The lowest BCUT2D eigenvalue weighted by molar-refractivity contribution is -0.141. The van der Waals surface area contributed by atoms with Gasteiger partial charge >= 0.3 is 6.18 Å². The second-order valence-electron chi connectivity index (χ2n) is 6.87. The van der Waals surface area contributed by atoms with Crippen LogP contribution in [0.15, 0.2) is 36.5 Å². The van der Waals surface area contributed by atoms with E-state index in [9.17, 15) is 22.4 Å². The van der Waals surface area contributed by atoms with Gasteiger partial charge in [-0.1, -0.05) is 0 Å². The van der Waals surface area contributed by atoms with Gasteiger partial charge in [0.25, 0.3) is 5.91 Å². The number of hydrogen-bond acceptors (Lipinski definition) is 5. The molecule has 0 unspecified atom stereocenters. The summed E-state index contributed by atoms with van der Waals surface area (Å²) in [7, 11) is 0. The summed E-state index contributed by atoms with van der Waals surface area (Å²) in [6.45, 7) is -1.54. The van der Waals surface area contributed by atoms with Gasteiger partial charge in [0, 0.05) is 34.3 Å². The Balaban J connectivity index is 1.71. The number of carbonyl (C=O) groups excluding carboxylic acids is 1. The van der Waals surface area contributed by atoms with E-state index >= 15 is 0 Å². The van der Waals surface area contributed by atoms with Crippen LogP contribution in [-0.2, 0) is 11.3 Å². The third-order valence-electron chi connectivity index (χ3n) is 4.59. The average Bonchev–Trinajstić information content (AvgIpc) is 2.93. The van der Waals surface area contributed by atoms with E-state index in [1.54, 1.807) is 0 Å². The second kappa shape index (κ2) is 8.50. The molecular formula is C20H19F4N5O2. The minimum Gasteiger partial charge on any atom is -0.380 e. The lowest BCUT2D eigenvalue weighted by Gasteiger charge is -2.19. The highest BCUT2D eigenvalue weighted by atomic mass is 19.4. The van der Waals surface area contributed by atoms with Gasteiger partial charge in [0.2, 0.25) is 0 Å². The van der Waals surface area contributed by atoms with Crippen molar-refractivity contribution in [2.75, 3.05) is 31.6 Å². The lowest BCUT2D eigenvalue weighted by atomic mass is 10.2. The number of nitrogens with zero attached hydrogens (tertiary/aromatic N) is 4. The molecule has 0 saturated carbocycles. The molecule has 0 bridgehead atoms. The molecule has 7 nitrogen and oxygen atoms in total. The molecular weight excluding hydrogens is 418 g/mol. The zero-order valence-corrected chi connectivity index (χ0v) is 16.1. The van der Waals surface area contributed by atoms with Crippen molar-refractivity contribution in [3.63, 3.8) is 0 Å². The van der Waals surface area contributed by atoms with Crippen molar-refractivity contribution in [2.24, 2.45) is 0 Å². The Morgan fingerprint density at radius 2 is 2.00 bits per heavy atom. The van der Waals surface area contributed by atoms with Crippen LogP contribution in [0.1, 0.15) is 19.6 Å². The number of alkyl halides is 3. The number of nitrogens with one attached hydrogen (secondary N) is 1. The summed E-state index contributed by atoms with van der Waals surface area (Å²) >= 11 is 0. The molecule has 0 radical (unpaired) electrons. The van der Waals surface area contributed by atoms with Gasteiger partial charge in [-0.2, -0.15) is 18.3 Å². The number of rotatable bonds is 4. The first-order valence-corrected chi connectivity index (χ1v) is 9.34. The largest absolute Gasteiger partial charge is 0.408 e. The Labute approximate surface area is 177 Å². The summed E-state index contributed by atoms with van der Waals surface area (Å²) in [4.78, 5) is 18.3. The van der Waals surface area contributed by atoms with Crippen molar-refractivity contribution in [1.82, 2.24) is 19.7 Å². The number of fused-ring (bicyclic) bond motifs is 1. The third-order valence-corrected chi connectivity index (χ3v) is 4.59. The monoisotopic (exact) mass is 439 g/mol. The highest BCUT2D eigenvalue weighted by Gasteiger charge is 2.30. The van der Waals surface area contributed by atoms with E-state index in [4.69, 9.17) is 7.48 Å². The van der Waals surface area contributed by atoms with Crippen LogP contribution in [0.4, 0.5) is 29.1 Å². The minimum atomic E-state index is -4.57. The molecule has 0 atom stereocenters. The predicted molar refractivity (Wildman–Crippen MR) is 105 cm³/mol. The number of hydrogen-bond donors (Lipinski definition) is 1. The molecule has 3 heterocycles. The van der Waals surface area contributed by atoms with Gasteiger partial charge in [-0.25, -0.2) is 4.39 Å². The fourth-order valence-corrected chi connectivity index (χ4v) is 3.15. The number of halogens is 4. The molecule has 1 saturated heterocycles. The highest BCUT2D eigenvalue weighted by Crippen LogP contribution is 2.29. The predicted octanol–water partition coefficient (Wildman–Crippen LogP) is 3.74. The van der Waals surface area contributed by atoms with E-state index in [0.717, 1.165) is 0 Å². The molecule has 1 aromatic carbocycles. The maximum Gasteiger partial charge on any atom is 0.408 e. The average molecular weight is 439 g/mol. The van der Waals surface area contributed by atoms with Crippen molar-refractivity contribution < 1.29 is 29.8 Å². The van der Waals surface area contributed by atoms with Gasteiger partial charge in [0.05, 0.1) is 17.5 Å². The van der Waals surface area contributed by atoms with Crippen molar-refractivity contribution >= 4 is 28.3 Å². The molecule has 11 heteroatoms.